The Morgan fingerprint density at radius 3 is 2.77 bits per heavy atom. The first-order valence-electron chi connectivity index (χ1n) is 10.2. The van der Waals surface area contributed by atoms with Crippen molar-refractivity contribution in [2.24, 2.45) is 0 Å². The molecular weight excluding hydrogens is 419 g/mol. The highest BCUT2D eigenvalue weighted by molar-refractivity contribution is 6.31. The van der Waals surface area contributed by atoms with Gasteiger partial charge in [0, 0.05) is 31.5 Å². The van der Waals surface area contributed by atoms with Gasteiger partial charge < -0.3 is 19.8 Å². The zero-order chi connectivity index (χ0) is 21.8. The zero-order valence-electron chi connectivity index (χ0n) is 16.9. The van der Waals surface area contributed by atoms with Crippen molar-refractivity contribution in [1.29, 1.82) is 0 Å². The van der Waals surface area contributed by atoms with Crippen LogP contribution in [0.3, 0.4) is 0 Å². The number of ether oxygens (including phenoxy) is 1. The van der Waals surface area contributed by atoms with E-state index in [-0.39, 0.29) is 18.5 Å². The molecule has 7 heteroatoms. The van der Waals surface area contributed by atoms with Crippen LogP contribution in [-0.2, 0) is 6.42 Å². The Balaban J connectivity index is 1.52. The van der Waals surface area contributed by atoms with E-state index in [1.165, 1.54) is 12.1 Å². The van der Waals surface area contributed by atoms with Crippen molar-refractivity contribution in [3.8, 4) is 5.88 Å². The van der Waals surface area contributed by atoms with Gasteiger partial charge in [0.1, 0.15) is 23.0 Å². The molecular formula is C24H24ClFN2O3. The van der Waals surface area contributed by atoms with E-state index in [0.29, 0.717) is 35.0 Å². The Labute approximate surface area is 185 Å². The minimum Gasteiger partial charge on any atom is -0.471 e. The van der Waals surface area contributed by atoms with Gasteiger partial charge in [0.25, 0.3) is 0 Å². The molecule has 0 amide bonds. The zero-order valence-corrected chi connectivity index (χ0v) is 17.7. The van der Waals surface area contributed by atoms with Crippen molar-refractivity contribution in [3.05, 3.63) is 88.3 Å². The normalized spacial score (nSPS) is 17.0. The molecule has 0 spiro atoms. The molecule has 2 aromatic carbocycles. The molecule has 2 heterocycles. The summed E-state index contributed by atoms with van der Waals surface area (Å²) in [4.78, 5) is 6.39. The topological polar surface area (TPSA) is 65.8 Å². The van der Waals surface area contributed by atoms with E-state index in [0.717, 1.165) is 24.2 Å². The predicted molar refractivity (Wildman–Crippen MR) is 118 cm³/mol. The SMILES string of the molecule is OCCc1cc(C(O)c2cccc(F)c2)ccc1N1CCC(Oc2ncccc2Cl)C1. The van der Waals surface area contributed by atoms with Crippen LogP contribution in [0.15, 0.2) is 60.8 Å². The molecule has 1 fully saturated rings. The molecule has 1 saturated heterocycles. The monoisotopic (exact) mass is 442 g/mol. The maximum atomic E-state index is 13.6. The van der Waals surface area contributed by atoms with Crippen LogP contribution in [-0.4, -0.2) is 41.0 Å². The highest BCUT2D eigenvalue weighted by Crippen LogP contribution is 2.32. The first-order chi connectivity index (χ1) is 15.0. The summed E-state index contributed by atoms with van der Waals surface area (Å²) in [5.74, 6) is 0.0417. The van der Waals surface area contributed by atoms with Crippen molar-refractivity contribution < 1.29 is 19.3 Å². The van der Waals surface area contributed by atoms with Crippen molar-refractivity contribution in [2.75, 3.05) is 24.6 Å². The summed E-state index contributed by atoms with van der Waals surface area (Å²) in [6, 6.07) is 15.1. The first-order valence-corrected chi connectivity index (χ1v) is 10.6. The highest BCUT2D eigenvalue weighted by Gasteiger charge is 2.27. The minimum absolute atomic E-state index is 0.0101. The van der Waals surface area contributed by atoms with Crippen LogP contribution in [0.1, 0.15) is 29.2 Å². The van der Waals surface area contributed by atoms with Gasteiger partial charge in [-0.05, 0) is 53.4 Å². The van der Waals surface area contributed by atoms with Crippen molar-refractivity contribution in [2.45, 2.75) is 25.0 Å². The lowest BCUT2D eigenvalue weighted by atomic mass is 9.97. The third kappa shape index (κ3) is 4.98. The largest absolute Gasteiger partial charge is 0.471 e. The lowest BCUT2D eigenvalue weighted by molar-refractivity contribution is 0.216. The van der Waals surface area contributed by atoms with Crippen molar-refractivity contribution in [1.82, 2.24) is 4.98 Å². The molecule has 31 heavy (non-hydrogen) atoms. The third-order valence-electron chi connectivity index (χ3n) is 5.45. The lowest BCUT2D eigenvalue weighted by Crippen LogP contribution is -2.26. The molecule has 5 nitrogen and oxygen atoms in total. The average molecular weight is 443 g/mol. The second kappa shape index (κ2) is 9.64. The number of hydrogen-bond acceptors (Lipinski definition) is 5. The number of aromatic nitrogens is 1. The van der Waals surface area contributed by atoms with Crippen molar-refractivity contribution in [3.63, 3.8) is 0 Å². The predicted octanol–water partition coefficient (Wildman–Crippen LogP) is 4.15. The number of halogens is 2. The smallest absolute Gasteiger partial charge is 0.232 e. The standard InChI is InChI=1S/C24H24ClFN2O3/c25-21-5-2-10-27-24(21)31-20-8-11-28(15-20)22-7-6-18(13-16(22)9-12-29)23(30)17-3-1-4-19(26)14-17/h1-7,10,13-14,20,23,29-30H,8-9,11-12,15H2. The summed E-state index contributed by atoms with van der Waals surface area (Å²) in [6.45, 7) is 1.44. The quantitative estimate of drug-likeness (QED) is 0.575. The molecule has 0 saturated carbocycles. The van der Waals surface area contributed by atoms with Gasteiger partial charge in [-0.2, -0.15) is 0 Å². The van der Waals surface area contributed by atoms with E-state index in [9.17, 15) is 14.6 Å². The Morgan fingerprint density at radius 1 is 1.16 bits per heavy atom. The molecule has 1 aliphatic rings. The highest BCUT2D eigenvalue weighted by atomic mass is 35.5. The molecule has 2 unspecified atom stereocenters. The number of anilines is 1. The van der Waals surface area contributed by atoms with Gasteiger partial charge in [-0.1, -0.05) is 35.9 Å². The fourth-order valence-corrected chi connectivity index (χ4v) is 4.10. The molecule has 0 bridgehead atoms. The average Bonchev–Trinajstić information content (AvgIpc) is 3.23. The summed E-state index contributed by atoms with van der Waals surface area (Å²) < 4.78 is 19.5. The molecule has 2 N–H and O–H groups in total. The van der Waals surface area contributed by atoms with Gasteiger partial charge in [-0.25, -0.2) is 9.37 Å². The molecule has 1 aliphatic heterocycles. The maximum absolute atomic E-state index is 13.6. The minimum atomic E-state index is -0.942. The van der Waals surface area contributed by atoms with E-state index in [2.05, 4.69) is 9.88 Å². The van der Waals surface area contributed by atoms with Crippen LogP contribution < -0.4 is 9.64 Å². The Kier molecular flexibility index (Phi) is 6.70. The Bertz CT molecular complexity index is 1050. The van der Waals surface area contributed by atoms with Crippen LogP contribution in [0.4, 0.5) is 10.1 Å². The van der Waals surface area contributed by atoms with Crippen molar-refractivity contribution >= 4 is 17.3 Å². The fraction of sp³-hybridized carbons (Fsp3) is 0.292. The number of pyridine rings is 1. The Morgan fingerprint density at radius 2 is 2.00 bits per heavy atom. The summed E-state index contributed by atoms with van der Waals surface area (Å²) in [6.07, 6.45) is 1.93. The first kappa shape index (κ1) is 21.6. The third-order valence-corrected chi connectivity index (χ3v) is 5.74. The summed E-state index contributed by atoms with van der Waals surface area (Å²) in [5, 5.41) is 20.8. The summed E-state index contributed by atoms with van der Waals surface area (Å²) in [5.41, 5.74) is 3.06. The van der Waals surface area contributed by atoms with Crippen LogP contribution in [0.25, 0.3) is 0 Å². The molecule has 3 aromatic rings. The number of aliphatic hydroxyl groups excluding tert-OH is 2. The van der Waals surface area contributed by atoms with E-state index in [1.807, 2.05) is 18.2 Å². The van der Waals surface area contributed by atoms with E-state index in [4.69, 9.17) is 16.3 Å². The van der Waals surface area contributed by atoms with Gasteiger partial charge in [-0.15, -0.1) is 0 Å². The maximum Gasteiger partial charge on any atom is 0.232 e. The summed E-state index contributed by atoms with van der Waals surface area (Å²) >= 11 is 6.15. The van der Waals surface area contributed by atoms with Gasteiger partial charge in [0.15, 0.2) is 0 Å². The number of hydrogen-bond donors (Lipinski definition) is 2. The van der Waals surface area contributed by atoms with E-state index in [1.54, 1.807) is 30.5 Å². The van der Waals surface area contributed by atoms with Crippen LogP contribution in [0.5, 0.6) is 5.88 Å². The fourth-order valence-electron chi connectivity index (χ4n) is 3.93. The second-order valence-corrected chi connectivity index (χ2v) is 7.99. The number of benzene rings is 2. The van der Waals surface area contributed by atoms with Gasteiger partial charge >= 0.3 is 0 Å². The van der Waals surface area contributed by atoms with Crippen LogP contribution in [0, 0.1) is 5.82 Å². The number of rotatable bonds is 7. The molecule has 2 atom stereocenters. The summed E-state index contributed by atoms with van der Waals surface area (Å²) in [7, 11) is 0. The molecule has 1 aromatic heterocycles. The van der Waals surface area contributed by atoms with Gasteiger partial charge in [0.05, 0.1) is 6.54 Å². The van der Waals surface area contributed by atoms with Crippen LogP contribution >= 0.6 is 11.6 Å². The molecule has 4 rings (SSSR count). The van der Waals surface area contributed by atoms with E-state index < -0.39 is 6.10 Å². The molecule has 0 radical (unpaired) electrons. The van der Waals surface area contributed by atoms with Crippen LogP contribution in [0.2, 0.25) is 5.02 Å². The number of nitrogens with zero attached hydrogens (tertiary/aromatic N) is 2. The van der Waals surface area contributed by atoms with Gasteiger partial charge in [-0.3, -0.25) is 0 Å². The van der Waals surface area contributed by atoms with E-state index >= 15 is 0 Å². The Hall–Kier alpha value is -2.67. The second-order valence-electron chi connectivity index (χ2n) is 7.58. The molecule has 0 aliphatic carbocycles. The van der Waals surface area contributed by atoms with Gasteiger partial charge in [0.2, 0.25) is 5.88 Å². The number of aliphatic hydroxyl groups is 2. The molecule has 162 valence electrons. The lowest BCUT2D eigenvalue weighted by Gasteiger charge is -2.24.